The van der Waals surface area contributed by atoms with E-state index in [0.29, 0.717) is 5.41 Å². The first-order chi connectivity index (χ1) is 8.76. The first kappa shape index (κ1) is 18.9. The lowest BCUT2D eigenvalue weighted by Crippen LogP contribution is -2.39. The molecule has 1 N–H and O–H groups in total. The number of hydrogen-bond acceptors (Lipinski definition) is 2. The Balaban J connectivity index is 4.67. The molecule has 0 radical (unpaired) electrons. The Hall–Kier alpha value is -0.0800. The molecule has 116 valence electrons. The van der Waals surface area contributed by atoms with Gasteiger partial charge in [0.25, 0.3) is 0 Å². The second-order valence-corrected chi connectivity index (χ2v) is 6.59. The molecule has 0 aliphatic heterocycles. The highest BCUT2D eigenvalue weighted by molar-refractivity contribution is 4.83. The van der Waals surface area contributed by atoms with Gasteiger partial charge in [0.05, 0.1) is 17.8 Å². The van der Waals surface area contributed by atoms with Gasteiger partial charge in [-0.25, -0.2) is 0 Å². The fourth-order valence-corrected chi connectivity index (χ4v) is 2.99. The molecule has 0 saturated heterocycles. The molecule has 0 aromatic heterocycles. The predicted molar refractivity (Wildman–Crippen MR) is 83.5 cm³/mol. The molecule has 0 bridgehead atoms. The molecule has 2 nitrogen and oxygen atoms in total. The first-order valence-electron chi connectivity index (χ1n) is 8.12. The molecule has 0 aliphatic carbocycles. The molecular formula is C17H36O2. The van der Waals surface area contributed by atoms with E-state index in [1.54, 1.807) is 0 Å². The van der Waals surface area contributed by atoms with Gasteiger partial charge in [0.2, 0.25) is 0 Å². The van der Waals surface area contributed by atoms with Gasteiger partial charge >= 0.3 is 0 Å². The zero-order valence-corrected chi connectivity index (χ0v) is 14.3. The minimum Gasteiger partial charge on any atom is -0.393 e. The topological polar surface area (TPSA) is 29.5 Å². The van der Waals surface area contributed by atoms with Crippen LogP contribution in [0.25, 0.3) is 0 Å². The number of ether oxygens (including phenoxy) is 1. The Labute approximate surface area is 120 Å². The first-order valence-corrected chi connectivity index (χ1v) is 8.12. The summed E-state index contributed by atoms with van der Waals surface area (Å²) in [6, 6.07) is 0. The van der Waals surface area contributed by atoms with E-state index in [2.05, 4.69) is 41.5 Å². The van der Waals surface area contributed by atoms with E-state index in [-0.39, 0.29) is 17.8 Å². The van der Waals surface area contributed by atoms with Crippen LogP contribution < -0.4 is 0 Å². The fraction of sp³-hybridized carbons (Fsp3) is 1.00. The van der Waals surface area contributed by atoms with Gasteiger partial charge in [-0.1, -0.05) is 47.5 Å². The highest BCUT2D eigenvalue weighted by Gasteiger charge is 2.33. The van der Waals surface area contributed by atoms with Crippen LogP contribution >= 0.6 is 0 Å². The zero-order chi connectivity index (χ0) is 15.1. The SMILES string of the molecule is CCC(C)(CC)CC(C)OC(CC)(CC)CC(C)O. The van der Waals surface area contributed by atoms with Gasteiger partial charge in [-0.15, -0.1) is 0 Å². The molecule has 2 heteroatoms. The van der Waals surface area contributed by atoms with Crippen LogP contribution in [0.15, 0.2) is 0 Å². The fourth-order valence-electron chi connectivity index (χ4n) is 2.99. The molecule has 0 saturated carbocycles. The minimum atomic E-state index is -0.296. The van der Waals surface area contributed by atoms with Crippen LogP contribution in [0.1, 0.15) is 87.0 Å². The van der Waals surface area contributed by atoms with Crippen LogP contribution in [0.5, 0.6) is 0 Å². The smallest absolute Gasteiger partial charge is 0.0705 e. The molecule has 0 heterocycles. The summed E-state index contributed by atoms with van der Waals surface area (Å²) in [5, 5.41) is 9.71. The van der Waals surface area contributed by atoms with Crippen LogP contribution in [0.4, 0.5) is 0 Å². The van der Waals surface area contributed by atoms with Crippen molar-refractivity contribution in [3.63, 3.8) is 0 Å². The van der Waals surface area contributed by atoms with E-state index >= 15 is 0 Å². The average Bonchev–Trinajstić information content (AvgIpc) is 2.36. The maximum Gasteiger partial charge on any atom is 0.0705 e. The molecule has 0 rings (SSSR count). The van der Waals surface area contributed by atoms with Gasteiger partial charge in [-0.3, -0.25) is 0 Å². The Morgan fingerprint density at radius 1 is 0.895 bits per heavy atom. The van der Waals surface area contributed by atoms with Crippen molar-refractivity contribution in [3.8, 4) is 0 Å². The third-order valence-corrected chi connectivity index (χ3v) is 4.89. The monoisotopic (exact) mass is 272 g/mol. The summed E-state index contributed by atoms with van der Waals surface area (Å²) >= 11 is 0. The second-order valence-electron chi connectivity index (χ2n) is 6.59. The summed E-state index contributed by atoms with van der Waals surface area (Å²) in [7, 11) is 0. The summed E-state index contributed by atoms with van der Waals surface area (Å²) < 4.78 is 6.39. The van der Waals surface area contributed by atoms with Crippen LogP contribution in [-0.2, 0) is 4.74 Å². The third-order valence-electron chi connectivity index (χ3n) is 4.89. The second kappa shape index (κ2) is 8.26. The Kier molecular flexibility index (Phi) is 8.23. The molecule has 0 aromatic rings. The van der Waals surface area contributed by atoms with E-state index in [1.807, 2.05) is 6.92 Å². The lowest BCUT2D eigenvalue weighted by Gasteiger charge is -2.39. The molecule has 2 unspecified atom stereocenters. The van der Waals surface area contributed by atoms with Crippen molar-refractivity contribution < 1.29 is 9.84 Å². The Morgan fingerprint density at radius 2 is 1.37 bits per heavy atom. The molecule has 2 atom stereocenters. The normalized spacial score (nSPS) is 16.4. The van der Waals surface area contributed by atoms with Crippen molar-refractivity contribution in [1.82, 2.24) is 0 Å². The lowest BCUT2D eigenvalue weighted by atomic mass is 9.79. The summed E-state index contributed by atoms with van der Waals surface area (Å²) in [5.41, 5.74) is 0.216. The number of rotatable bonds is 10. The van der Waals surface area contributed by atoms with Crippen molar-refractivity contribution in [1.29, 1.82) is 0 Å². The summed E-state index contributed by atoms with van der Waals surface area (Å²) in [4.78, 5) is 0. The average molecular weight is 272 g/mol. The van der Waals surface area contributed by atoms with Gasteiger partial charge in [-0.05, 0) is 38.5 Å². The largest absolute Gasteiger partial charge is 0.393 e. The predicted octanol–water partition coefficient (Wildman–Crippen LogP) is 4.94. The van der Waals surface area contributed by atoms with E-state index in [9.17, 15) is 5.11 Å². The Morgan fingerprint density at radius 3 is 1.68 bits per heavy atom. The molecule has 0 fully saturated rings. The molecule has 0 aliphatic rings. The maximum absolute atomic E-state index is 9.71. The number of aliphatic hydroxyl groups is 1. The standard InChI is InChI=1S/C17H36O2/c1-8-16(7,9-2)13-15(6)19-17(10-3,11-4)12-14(5)18/h14-15,18H,8-13H2,1-7H3. The Bertz CT molecular complexity index is 227. The number of aliphatic hydroxyl groups excluding tert-OH is 1. The molecule has 0 aromatic carbocycles. The molecule has 0 amide bonds. The van der Waals surface area contributed by atoms with Crippen LogP contribution in [-0.4, -0.2) is 22.9 Å². The van der Waals surface area contributed by atoms with Crippen LogP contribution in [0, 0.1) is 5.41 Å². The van der Waals surface area contributed by atoms with E-state index in [4.69, 9.17) is 4.74 Å². The van der Waals surface area contributed by atoms with Crippen LogP contribution in [0.2, 0.25) is 0 Å². The highest BCUT2D eigenvalue weighted by atomic mass is 16.5. The van der Waals surface area contributed by atoms with Crippen molar-refractivity contribution in [2.24, 2.45) is 5.41 Å². The zero-order valence-electron chi connectivity index (χ0n) is 14.3. The quantitative estimate of drug-likeness (QED) is 0.610. The van der Waals surface area contributed by atoms with Crippen molar-refractivity contribution in [2.75, 3.05) is 0 Å². The van der Waals surface area contributed by atoms with Crippen molar-refractivity contribution in [3.05, 3.63) is 0 Å². The van der Waals surface area contributed by atoms with Gasteiger partial charge in [0, 0.05) is 6.42 Å². The van der Waals surface area contributed by atoms with Crippen LogP contribution in [0.3, 0.4) is 0 Å². The van der Waals surface area contributed by atoms with Gasteiger partial charge in [-0.2, -0.15) is 0 Å². The lowest BCUT2D eigenvalue weighted by molar-refractivity contribution is -0.123. The van der Waals surface area contributed by atoms with E-state index in [1.165, 1.54) is 12.8 Å². The summed E-state index contributed by atoms with van der Waals surface area (Å²) in [5.74, 6) is 0. The maximum atomic E-state index is 9.71. The van der Waals surface area contributed by atoms with Crippen molar-refractivity contribution in [2.45, 2.75) is 105 Å². The van der Waals surface area contributed by atoms with Gasteiger partial charge in [0.15, 0.2) is 0 Å². The molecule has 0 spiro atoms. The van der Waals surface area contributed by atoms with Gasteiger partial charge in [0.1, 0.15) is 0 Å². The summed E-state index contributed by atoms with van der Waals surface area (Å²) in [6.07, 6.45) is 6.11. The molecule has 19 heavy (non-hydrogen) atoms. The minimum absolute atomic E-state index is 0.157. The third kappa shape index (κ3) is 6.27. The summed E-state index contributed by atoms with van der Waals surface area (Å²) in [6.45, 7) is 15.2. The molecular weight excluding hydrogens is 236 g/mol. The number of hydrogen-bond donors (Lipinski definition) is 1. The van der Waals surface area contributed by atoms with Gasteiger partial charge < -0.3 is 9.84 Å². The van der Waals surface area contributed by atoms with E-state index in [0.717, 1.165) is 25.7 Å². The highest BCUT2D eigenvalue weighted by Crippen LogP contribution is 2.35. The van der Waals surface area contributed by atoms with E-state index < -0.39 is 0 Å². The van der Waals surface area contributed by atoms with Crippen molar-refractivity contribution >= 4 is 0 Å².